The first-order chi connectivity index (χ1) is 7.41. The number of rotatable bonds is 1. The number of phenols is 1. The number of phenolic OH excluding ortho intramolecular Hbond substituents is 1. The van der Waals surface area contributed by atoms with Crippen molar-refractivity contribution in [3.63, 3.8) is 0 Å². The van der Waals surface area contributed by atoms with Crippen LogP contribution >= 0.6 is 11.6 Å². The number of fused-ring (bicyclic) bond motifs is 1. The van der Waals surface area contributed by atoms with Crippen LogP contribution in [0.25, 0.3) is 0 Å². The predicted octanol–water partition coefficient (Wildman–Crippen LogP) is 2.04. The summed E-state index contributed by atoms with van der Waals surface area (Å²) in [5.41, 5.74) is -0.991. The minimum atomic E-state index is -1.25. The summed E-state index contributed by atoms with van der Waals surface area (Å²) < 4.78 is 10.8. The van der Waals surface area contributed by atoms with E-state index in [4.69, 9.17) is 21.1 Å². The van der Waals surface area contributed by atoms with Gasteiger partial charge in [0.15, 0.2) is 11.5 Å². The monoisotopic (exact) mass is 244 g/mol. The van der Waals surface area contributed by atoms with Crippen molar-refractivity contribution in [3.05, 3.63) is 16.7 Å². The summed E-state index contributed by atoms with van der Waals surface area (Å²) in [6.45, 7) is 3.92. The van der Waals surface area contributed by atoms with Crippen LogP contribution in [0.2, 0.25) is 5.02 Å². The highest BCUT2D eigenvalue weighted by atomic mass is 35.5. The molecule has 0 amide bonds. The number of benzene rings is 1. The van der Waals surface area contributed by atoms with Crippen molar-refractivity contribution < 1.29 is 19.7 Å². The Balaban J connectivity index is 2.69. The molecule has 88 valence electrons. The molecule has 4 nitrogen and oxygen atoms in total. The Hall–Kier alpha value is -1.13. The largest absolute Gasteiger partial charge is 0.506 e. The lowest BCUT2D eigenvalue weighted by Gasteiger charge is -2.27. The molecule has 1 heterocycles. The maximum absolute atomic E-state index is 10.00. The molecule has 0 spiro atoms. The van der Waals surface area contributed by atoms with Gasteiger partial charge in [0.25, 0.3) is 0 Å². The summed E-state index contributed by atoms with van der Waals surface area (Å²) in [6, 6.07) is 1.49. The highest BCUT2D eigenvalue weighted by molar-refractivity contribution is 6.32. The topological polar surface area (TPSA) is 58.9 Å². The lowest BCUT2D eigenvalue weighted by Crippen LogP contribution is -2.22. The third-order valence-electron chi connectivity index (χ3n) is 2.37. The molecular formula is C11H13ClO4. The van der Waals surface area contributed by atoms with Gasteiger partial charge in [-0.25, -0.2) is 0 Å². The molecule has 2 N–H and O–H groups in total. The SMILES string of the molecule is CC(C)(O)c1c(O)c(Cl)cc2c1OCCO2. The van der Waals surface area contributed by atoms with E-state index < -0.39 is 5.60 Å². The fourth-order valence-electron chi connectivity index (χ4n) is 1.71. The summed E-state index contributed by atoms with van der Waals surface area (Å²) in [6.07, 6.45) is 0. The van der Waals surface area contributed by atoms with Crippen LogP contribution in [0.5, 0.6) is 17.2 Å². The molecule has 1 aromatic rings. The summed E-state index contributed by atoms with van der Waals surface area (Å²) >= 11 is 5.86. The van der Waals surface area contributed by atoms with Gasteiger partial charge in [-0.05, 0) is 13.8 Å². The van der Waals surface area contributed by atoms with Gasteiger partial charge in [0.05, 0.1) is 16.2 Å². The third kappa shape index (κ3) is 1.79. The Kier molecular flexibility index (Phi) is 2.64. The van der Waals surface area contributed by atoms with Crippen LogP contribution in [0.15, 0.2) is 6.07 Å². The van der Waals surface area contributed by atoms with Crippen LogP contribution in [0.3, 0.4) is 0 Å². The van der Waals surface area contributed by atoms with E-state index in [1.54, 1.807) is 13.8 Å². The zero-order chi connectivity index (χ0) is 11.9. The molecule has 16 heavy (non-hydrogen) atoms. The van der Waals surface area contributed by atoms with Crippen LogP contribution < -0.4 is 9.47 Å². The molecule has 1 aliphatic rings. The van der Waals surface area contributed by atoms with Gasteiger partial charge >= 0.3 is 0 Å². The molecule has 0 aliphatic carbocycles. The minimum absolute atomic E-state index is 0.140. The maximum atomic E-state index is 10.00. The molecule has 0 aromatic heterocycles. The van der Waals surface area contributed by atoms with Gasteiger partial charge in [-0.1, -0.05) is 11.6 Å². The number of aromatic hydroxyl groups is 1. The molecule has 0 saturated carbocycles. The van der Waals surface area contributed by atoms with Crippen LogP contribution in [0.1, 0.15) is 19.4 Å². The third-order valence-corrected chi connectivity index (χ3v) is 2.66. The Morgan fingerprint density at radius 2 is 1.94 bits per heavy atom. The molecule has 5 heteroatoms. The number of hydrogen-bond donors (Lipinski definition) is 2. The van der Waals surface area contributed by atoms with E-state index in [9.17, 15) is 10.2 Å². The van der Waals surface area contributed by atoms with Gasteiger partial charge < -0.3 is 19.7 Å². The zero-order valence-electron chi connectivity index (χ0n) is 9.08. The van der Waals surface area contributed by atoms with E-state index in [0.29, 0.717) is 24.7 Å². The van der Waals surface area contributed by atoms with E-state index in [-0.39, 0.29) is 16.3 Å². The van der Waals surface area contributed by atoms with E-state index in [0.717, 1.165) is 0 Å². The van der Waals surface area contributed by atoms with E-state index >= 15 is 0 Å². The second-order valence-corrected chi connectivity index (χ2v) is 4.57. The first-order valence-corrected chi connectivity index (χ1v) is 5.33. The Morgan fingerprint density at radius 1 is 1.31 bits per heavy atom. The summed E-state index contributed by atoms with van der Waals surface area (Å²) in [5, 5.41) is 20.0. The molecule has 0 atom stereocenters. The fraction of sp³-hybridized carbons (Fsp3) is 0.455. The quantitative estimate of drug-likeness (QED) is 0.794. The van der Waals surface area contributed by atoms with Crippen molar-refractivity contribution in [2.75, 3.05) is 13.2 Å². The van der Waals surface area contributed by atoms with Crippen molar-refractivity contribution >= 4 is 11.6 Å². The van der Waals surface area contributed by atoms with Crippen molar-refractivity contribution in [2.45, 2.75) is 19.4 Å². The van der Waals surface area contributed by atoms with Crippen molar-refractivity contribution in [1.29, 1.82) is 0 Å². The summed E-state index contributed by atoms with van der Waals surface area (Å²) in [7, 11) is 0. The fourth-order valence-corrected chi connectivity index (χ4v) is 1.91. The maximum Gasteiger partial charge on any atom is 0.171 e. The van der Waals surface area contributed by atoms with Gasteiger partial charge in [-0.15, -0.1) is 0 Å². The second kappa shape index (κ2) is 3.71. The molecule has 0 fully saturated rings. The molecule has 1 aliphatic heterocycles. The number of halogens is 1. The first-order valence-electron chi connectivity index (χ1n) is 4.95. The normalized spacial score (nSPS) is 15.0. The predicted molar refractivity (Wildman–Crippen MR) is 59.4 cm³/mol. The van der Waals surface area contributed by atoms with Gasteiger partial charge in [0, 0.05) is 6.07 Å². The van der Waals surface area contributed by atoms with Crippen LogP contribution in [0, 0.1) is 0 Å². The van der Waals surface area contributed by atoms with E-state index in [1.807, 2.05) is 0 Å². The lowest BCUT2D eigenvalue weighted by molar-refractivity contribution is 0.0673. The Morgan fingerprint density at radius 3 is 2.56 bits per heavy atom. The minimum Gasteiger partial charge on any atom is -0.506 e. The smallest absolute Gasteiger partial charge is 0.171 e. The van der Waals surface area contributed by atoms with Crippen molar-refractivity contribution in [1.82, 2.24) is 0 Å². The van der Waals surface area contributed by atoms with E-state index in [1.165, 1.54) is 6.07 Å². The molecule has 0 radical (unpaired) electrons. The van der Waals surface area contributed by atoms with Crippen molar-refractivity contribution in [3.8, 4) is 17.2 Å². The summed E-state index contributed by atoms with van der Waals surface area (Å²) in [4.78, 5) is 0. The van der Waals surface area contributed by atoms with Crippen molar-refractivity contribution in [2.24, 2.45) is 0 Å². The molecular weight excluding hydrogens is 232 g/mol. The lowest BCUT2D eigenvalue weighted by atomic mass is 9.95. The molecule has 0 saturated heterocycles. The number of aliphatic hydroxyl groups is 1. The van der Waals surface area contributed by atoms with Gasteiger partial charge in [0.1, 0.15) is 19.0 Å². The molecule has 0 unspecified atom stereocenters. The standard InChI is InChI=1S/C11H13ClO4/c1-11(2,14)8-9(13)6(12)5-7-10(8)16-4-3-15-7/h5,13-14H,3-4H2,1-2H3. The Labute approximate surface area is 98.4 Å². The first kappa shape index (κ1) is 11.4. The Bertz CT molecular complexity index is 423. The molecule has 0 bridgehead atoms. The van der Waals surface area contributed by atoms with Gasteiger partial charge in [0.2, 0.25) is 0 Å². The average molecular weight is 245 g/mol. The van der Waals surface area contributed by atoms with E-state index in [2.05, 4.69) is 0 Å². The van der Waals surface area contributed by atoms with Crippen LogP contribution in [0.4, 0.5) is 0 Å². The van der Waals surface area contributed by atoms with Gasteiger partial charge in [-0.2, -0.15) is 0 Å². The highest BCUT2D eigenvalue weighted by Gasteiger charge is 2.31. The van der Waals surface area contributed by atoms with Gasteiger partial charge in [-0.3, -0.25) is 0 Å². The van der Waals surface area contributed by atoms with Crippen LogP contribution in [-0.2, 0) is 5.60 Å². The average Bonchev–Trinajstić information content (AvgIpc) is 2.17. The number of ether oxygens (including phenoxy) is 2. The highest BCUT2D eigenvalue weighted by Crippen LogP contribution is 2.48. The molecule has 1 aromatic carbocycles. The second-order valence-electron chi connectivity index (χ2n) is 4.17. The van der Waals surface area contributed by atoms with Crippen LogP contribution in [-0.4, -0.2) is 23.4 Å². The number of hydrogen-bond acceptors (Lipinski definition) is 4. The summed E-state index contributed by atoms with van der Waals surface area (Å²) in [5.74, 6) is 0.644. The zero-order valence-corrected chi connectivity index (χ0v) is 9.84. The molecule has 2 rings (SSSR count).